The van der Waals surface area contributed by atoms with E-state index in [1.165, 1.54) is 32.1 Å². The van der Waals surface area contributed by atoms with E-state index >= 15 is 0 Å². The highest BCUT2D eigenvalue weighted by molar-refractivity contribution is 5.62. The van der Waals surface area contributed by atoms with Crippen LogP contribution in [-0.4, -0.2) is 18.1 Å². The molecule has 4 N–H and O–H groups in total. The quantitative estimate of drug-likeness (QED) is 0.800. The Morgan fingerprint density at radius 2 is 1.88 bits per heavy atom. The number of nitrogens with zero attached hydrogens (tertiary/aromatic N) is 2. The summed E-state index contributed by atoms with van der Waals surface area (Å²) in [5, 5.41) is 0. The standard InChI is InChI=1S/C12H20N4/c1-16(9-5-3-2-4-6-9)11-8-7-10(13)12(14)15-11/h7-9H,2-6,13H2,1H3,(H2,14,15). The molecular weight excluding hydrogens is 200 g/mol. The topological polar surface area (TPSA) is 68.2 Å². The predicted molar refractivity (Wildman–Crippen MR) is 68.3 cm³/mol. The molecule has 1 aliphatic carbocycles. The second-order valence-electron chi connectivity index (χ2n) is 4.55. The van der Waals surface area contributed by atoms with Crippen molar-refractivity contribution in [2.24, 2.45) is 0 Å². The molecule has 1 fully saturated rings. The lowest BCUT2D eigenvalue weighted by atomic mass is 9.94. The van der Waals surface area contributed by atoms with Crippen LogP contribution < -0.4 is 16.4 Å². The first kappa shape index (κ1) is 11.0. The molecule has 88 valence electrons. The minimum Gasteiger partial charge on any atom is -0.396 e. The molecule has 4 heteroatoms. The maximum absolute atomic E-state index is 5.73. The molecule has 1 heterocycles. The molecule has 16 heavy (non-hydrogen) atoms. The van der Waals surface area contributed by atoms with Crippen molar-refractivity contribution in [2.75, 3.05) is 23.4 Å². The summed E-state index contributed by atoms with van der Waals surface area (Å²) in [6.45, 7) is 0. The van der Waals surface area contributed by atoms with Crippen molar-refractivity contribution in [2.45, 2.75) is 38.1 Å². The van der Waals surface area contributed by atoms with E-state index < -0.39 is 0 Å². The third kappa shape index (κ3) is 2.21. The van der Waals surface area contributed by atoms with Gasteiger partial charge in [-0.1, -0.05) is 19.3 Å². The Hall–Kier alpha value is -1.45. The molecule has 1 saturated carbocycles. The molecular formula is C12H20N4. The average Bonchev–Trinajstić information content (AvgIpc) is 2.33. The molecule has 1 aromatic heterocycles. The van der Waals surface area contributed by atoms with Gasteiger partial charge in [-0.25, -0.2) is 4.98 Å². The molecule has 2 rings (SSSR count). The van der Waals surface area contributed by atoms with Crippen LogP contribution in [0.25, 0.3) is 0 Å². The fraction of sp³-hybridized carbons (Fsp3) is 0.583. The smallest absolute Gasteiger partial charge is 0.149 e. The van der Waals surface area contributed by atoms with E-state index in [1.54, 1.807) is 0 Å². The fourth-order valence-corrected chi connectivity index (χ4v) is 2.33. The number of aromatic nitrogens is 1. The van der Waals surface area contributed by atoms with E-state index in [1.807, 2.05) is 12.1 Å². The molecule has 0 amide bonds. The molecule has 0 aromatic carbocycles. The lowest BCUT2D eigenvalue weighted by Crippen LogP contribution is -2.34. The van der Waals surface area contributed by atoms with Crippen LogP contribution in [0, 0.1) is 0 Å². The first-order valence-corrected chi connectivity index (χ1v) is 5.93. The summed E-state index contributed by atoms with van der Waals surface area (Å²) in [6, 6.07) is 4.38. The summed E-state index contributed by atoms with van der Waals surface area (Å²) in [6.07, 6.45) is 6.51. The summed E-state index contributed by atoms with van der Waals surface area (Å²) in [4.78, 5) is 6.56. The van der Waals surface area contributed by atoms with Gasteiger partial charge in [0.2, 0.25) is 0 Å². The summed E-state index contributed by atoms with van der Waals surface area (Å²) in [5.41, 5.74) is 11.9. The normalized spacial score (nSPS) is 17.3. The maximum Gasteiger partial charge on any atom is 0.149 e. The van der Waals surface area contributed by atoms with Gasteiger partial charge in [0.25, 0.3) is 0 Å². The molecule has 1 aromatic rings. The average molecular weight is 220 g/mol. The van der Waals surface area contributed by atoms with Crippen molar-refractivity contribution in [1.82, 2.24) is 4.98 Å². The van der Waals surface area contributed by atoms with Gasteiger partial charge in [0.1, 0.15) is 11.6 Å². The molecule has 4 nitrogen and oxygen atoms in total. The van der Waals surface area contributed by atoms with Crippen molar-refractivity contribution < 1.29 is 0 Å². The van der Waals surface area contributed by atoms with Crippen molar-refractivity contribution >= 4 is 17.3 Å². The fourth-order valence-electron chi connectivity index (χ4n) is 2.33. The first-order chi connectivity index (χ1) is 7.68. The van der Waals surface area contributed by atoms with Crippen LogP contribution in [0.15, 0.2) is 12.1 Å². The molecule has 0 bridgehead atoms. The summed E-state index contributed by atoms with van der Waals surface area (Å²) >= 11 is 0. The lowest BCUT2D eigenvalue weighted by molar-refractivity contribution is 0.426. The van der Waals surface area contributed by atoms with Crippen LogP contribution in [0.5, 0.6) is 0 Å². The van der Waals surface area contributed by atoms with Gasteiger partial charge < -0.3 is 16.4 Å². The van der Waals surface area contributed by atoms with Crippen LogP contribution in [-0.2, 0) is 0 Å². The second kappa shape index (κ2) is 4.60. The molecule has 0 aliphatic heterocycles. The van der Waals surface area contributed by atoms with E-state index in [0.29, 0.717) is 17.5 Å². The molecule has 0 saturated heterocycles. The van der Waals surface area contributed by atoms with Gasteiger partial charge in [-0.15, -0.1) is 0 Å². The molecule has 0 unspecified atom stereocenters. The Bertz CT molecular complexity index is 358. The summed E-state index contributed by atoms with van der Waals surface area (Å²) in [5.74, 6) is 1.36. The van der Waals surface area contributed by atoms with Crippen LogP contribution in [0.4, 0.5) is 17.3 Å². The van der Waals surface area contributed by atoms with E-state index in [9.17, 15) is 0 Å². The highest BCUT2D eigenvalue weighted by atomic mass is 15.2. The Labute approximate surface area is 96.6 Å². The minimum absolute atomic E-state index is 0.431. The van der Waals surface area contributed by atoms with Crippen LogP contribution in [0.3, 0.4) is 0 Å². The second-order valence-corrected chi connectivity index (χ2v) is 4.55. The van der Waals surface area contributed by atoms with Gasteiger partial charge in [0, 0.05) is 13.1 Å². The largest absolute Gasteiger partial charge is 0.396 e. The zero-order valence-electron chi connectivity index (χ0n) is 9.82. The number of nitrogens with two attached hydrogens (primary N) is 2. The maximum atomic E-state index is 5.73. The van der Waals surface area contributed by atoms with Gasteiger partial charge in [-0.3, -0.25) is 0 Å². The van der Waals surface area contributed by atoms with Crippen molar-refractivity contribution in [3.05, 3.63) is 12.1 Å². The minimum atomic E-state index is 0.431. The van der Waals surface area contributed by atoms with Gasteiger partial charge in [-0.05, 0) is 25.0 Å². The summed E-state index contributed by atoms with van der Waals surface area (Å²) in [7, 11) is 2.09. The number of anilines is 3. The number of pyridine rings is 1. The van der Waals surface area contributed by atoms with E-state index in [2.05, 4.69) is 16.9 Å². The van der Waals surface area contributed by atoms with Gasteiger partial charge in [0.15, 0.2) is 0 Å². The number of hydrogen-bond donors (Lipinski definition) is 2. The van der Waals surface area contributed by atoms with E-state index in [4.69, 9.17) is 11.5 Å². The third-order valence-corrected chi connectivity index (χ3v) is 3.43. The zero-order valence-corrected chi connectivity index (χ0v) is 9.82. The monoisotopic (exact) mass is 220 g/mol. The van der Waals surface area contributed by atoms with E-state index in [0.717, 1.165) is 5.82 Å². The highest BCUT2D eigenvalue weighted by Gasteiger charge is 2.19. The first-order valence-electron chi connectivity index (χ1n) is 5.93. The van der Waals surface area contributed by atoms with Crippen LogP contribution >= 0.6 is 0 Å². The van der Waals surface area contributed by atoms with Gasteiger partial charge >= 0.3 is 0 Å². The molecule has 0 radical (unpaired) electrons. The van der Waals surface area contributed by atoms with Crippen LogP contribution in [0.2, 0.25) is 0 Å². The number of rotatable bonds is 2. The Morgan fingerprint density at radius 1 is 1.19 bits per heavy atom. The molecule has 1 aliphatic rings. The Balaban J connectivity index is 2.12. The summed E-state index contributed by atoms with van der Waals surface area (Å²) < 4.78 is 0. The lowest BCUT2D eigenvalue weighted by Gasteiger charge is -2.32. The number of nitrogen functional groups attached to an aromatic ring is 2. The van der Waals surface area contributed by atoms with Crippen LogP contribution in [0.1, 0.15) is 32.1 Å². The van der Waals surface area contributed by atoms with Crippen molar-refractivity contribution in [3.8, 4) is 0 Å². The van der Waals surface area contributed by atoms with Gasteiger partial charge in [-0.2, -0.15) is 0 Å². The predicted octanol–water partition coefficient (Wildman–Crippen LogP) is 2.01. The van der Waals surface area contributed by atoms with E-state index in [-0.39, 0.29) is 0 Å². The molecule has 0 atom stereocenters. The Kier molecular flexibility index (Phi) is 3.17. The number of hydrogen-bond acceptors (Lipinski definition) is 4. The zero-order chi connectivity index (χ0) is 11.5. The van der Waals surface area contributed by atoms with Crippen molar-refractivity contribution in [3.63, 3.8) is 0 Å². The third-order valence-electron chi connectivity index (χ3n) is 3.43. The Morgan fingerprint density at radius 3 is 2.50 bits per heavy atom. The SMILES string of the molecule is CN(c1ccc(N)c(N)n1)C1CCCCC1. The van der Waals surface area contributed by atoms with Crippen molar-refractivity contribution in [1.29, 1.82) is 0 Å². The highest BCUT2D eigenvalue weighted by Crippen LogP contribution is 2.26. The molecule has 0 spiro atoms. The van der Waals surface area contributed by atoms with Gasteiger partial charge in [0.05, 0.1) is 5.69 Å².